The Morgan fingerprint density at radius 3 is 1.98 bits per heavy atom. The number of allylic oxidation sites excluding steroid dienone is 1. The van der Waals surface area contributed by atoms with E-state index in [2.05, 4.69) is 95.9 Å². The van der Waals surface area contributed by atoms with Crippen LogP contribution in [-0.4, -0.2) is 9.97 Å². The third kappa shape index (κ3) is 4.08. The van der Waals surface area contributed by atoms with E-state index in [-0.39, 0.29) is 5.57 Å². The molecule has 0 aliphatic rings. The van der Waals surface area contributed by atoms with E-state index in [1.165, 1.54) is 0 Å². The molecule has 0 saturated heterocycles. The normalized spacial score (nSPS) is 11.4. The second-order valence-electron chi connectivity index (χ2n) is 11.7. The summed E-state index contributed by atoms with van der Waals surface area (Å²) in [6, 6.07) is 48.0. The number of fused-ring (bicyclic) bond motifs is 4. The second kappa shape index (κ2) is 10.4. The van der Waals surface area contributed by atoms with Gasteiger partial charge in [-0.05, 0) is 85.1 Å². The molecule has 5 heteroatoms. The van der Waals surface area contributed by atoms with Crippen molar-refractivity contribution < 1.29 is 0 Å². The summed E-state index contributed by atoms with van der Waals surface area (Å²) in [7, 11) is 0. The fraction of sp³-hybridized carbons (Fsp3) is 0. The van der Waals surface area contributed by atoms with Crippen molar-refractivity contribution in [2.75, 3.05) is 4.90 Å². The molecule has 0 fully saturated rings. The van der Waals surface area contributed by atoms with Gasteiger partial charge in [0, 0.05) is 22.4 Å². The molecule has 0 amide bonds. The minimum Gasteiger partial charge on any atom is -0.278 e. The molecule has 0 spiro atoms. The summed E-state index contributed by atoms with van der Waals surface area (Å²) in [5, 5.41) is 31.0. The van der Waals surface area contributed by atoms with Crippen molar-refractivity contribution in [3.8, 4) is 12.1 Å². The van der Waals surface area contributed by atoms with Gasteiger partial charge >= 0.3 is 0 Å². The number of hydrogen-bond donors (Lipinski definition) is 0. The monoisotopic (exact) mass is 597 g/mol. The van der Waals surface area contributed by atoms with Gasteiger partial charge in [-0.15, -0.1) is 0 Å². The van der Waals surface area contributed by atoms with Gasteiger partial charge in [0.2, 0.25) is 0 Å². The Morgan fingerprint density at radius 1 is 0.553 bits per heavy atom. The van der Waals surface area contributed by atoms with Crippen molar-refractivity contribution in [1.29, 1.82) is 10.5 Å². The molecule has 9 rings (SSSR count). The van der Waals surface area contributed by atoms with E-state index in [0.29, 0.717) is 0 Å². The van der Waals surface area contributed by atoms with Crippen LogP contribution in [0, 0.1) is 22.7 Å². The van der Waals surface area contributed by atoms with Crippen LogP contribution in [0.4, 0.5) is 17.3 Å². The predicted molar refractivity (Wildman–Crippen MR) is 192 cm³/mol. The Kier molecular flexibility index (Phi) is 5.87. The first-order valence-corrected chi connectivity index (χ1v) is 15.4. The van der Waals surface area contributed by atoms with Gasteiger partial charge in [0.05, 0.1) is 11.2 Å². The van der Waals surface area contributed by atoms with Crippen LogP contribution in [0.2, 0.25) is 0 Å². The Balaban J connectivity index is 1.36. The molecule has 9 aromatic rings. The van der Waals surface area contributed by atoms with Gasteiger partial charge in [-0.1, -0.05) is 97.1 Å². The molecule has 0 aliphatic heterocycles. The highest BCUT2D eigenvalue weighted by Crippen LogP contribution is 2.46. The second-order valence-corrected chi connectivity index (χ2v) is 11.7. The number of para-hydroxylation sites is 1. The summed E-state index contributed by atoms with van der Waals surface area (Å²) < 4.78 is 0. The largest absolute Gasteiger partial charge is 0.278 e. The lowest BCUT2D eigenvalue weighted by Gasteiger charge is -2.26. The smallest absolute Gasteiger partial charge is 0.139 e. The van der Waals surface area contributed by atoms with E-state index in [4.69, 9.17) is 9.97 Å². The maximum atomic E-state index is 9.44. The first-order valence-electron chi connectivity index (χ1n) is 15.4. The van der Waals surface area contributed by atoms with Gasteiger partial charge in [-0.3, -0.25) is 4.90 Å². The van der Waals surface area contributed by atoms with Crippen LogP contribution in [0.3, 0.4) is 0 Å². The third-order valence-electron chi connectivity index (χ3n) is 9.11. The quantitative estimate of drug-likeness (QED) is 0.115. The third-order valence-corrected chi connectivity index (χ3v) is 9.11. The highest BCUT2D eigenvalue weighted by molar-refractivity contribution is 6.34. The molecular formula is C42H23N5. The summed E-state index contributed by atoms with van der Waals surface area (Å²) in [5.74, 6) is 1.57. The van der Waals surface area contributed by atoms with Crippen molar-refractivity contribution in [2.24, 2.45) is 0 Å². The molecule has 0 radical (unpaired) electrons. The molecule has 216 valence electrons. The predicted octanol–water partition coefficient (Wildman–Crippen LogP) is 10.7. The van der Waals surface area contributed by atoms with E-state index in [9.17, 15) is 10.5 Å². The zero-order valence-electron chi connectivity index (χ0n) is 25.0. The lowest BCUT2D eigenvalue weighted by atomic mass is 9.87. The van der Waals surface area contributed by atoms with Crippen molar-refractivity contribution >= 4 is 88.2 Å². The van der Waals surface area contributed by atoms with Crippen molar-refractivity contribution in [2.45, 2.75) is 0 Å². The fourth-order valence-electron chi connectivity index (χ4n) is 7.02. The summed E-state index contributed by atoms with van der Waals surface area (Å²) >= 11 is 0. The summed E-state index contributed by atoms with van der Waals surface area (Å²) in [5.41, 5.74) is 2.84. The van der Waals surface area contributed by atoms with Gasteiger partial charge in [-0.25, -0.2) is 9.97 Å². The number of hydrogen-bond acceptors (Lipinski definition) is 5. The van der Waals surface area contributed by atoms with E-state index in [0.717, 1.165) is 87.7 Å². The van der Waals surface area contributed by atoms with E-state index in [1.807, 2.05) is 54.7 Å². The topological polar surface area (TPSA) is 76.6 Å². The maximum Gasteiger partial charge on any atom is 0.139 e. The van der Waals surface area contributed by atoms with Crippen LogP contribution in [-0.2, 0) is 0 Å². The van der Waals surface area contributed by atoms with Gasteiger partial charge in [0.15, 0.2) is 0 Å². The molecule has 2 aromatic heterocycles. The number of nitrogens with zero attached hydrogens (tertiary/aromatic N) is 5. The zero-order chi connectivity index (χ0) is 31.5. The molecule has 0 saturated carbocycles. The van der Waals surface area contributed by atoms with Crippen molar-refractivity contribution in [3.05, 3.63) is 145 Å². The Labute approximate surface area is 269 Å². The van der Waals surface area contributed by atoms with Crippen LogP contribution < -0.4 is 4.90 Å². The van der Waals surface area contributed by atoms with Crippen molar-refractivity contribution in [1.82, 2.24) is 9.97 Å². The molecule has 0 N–H and O–H groups in total. The lowest BCUT2D eigenvalue weighted by Crippen LogP contribution is -2.13. The van der Waals surface area contributed by atoms with Crippen LogP contribution in [0.5, 0.6) is 0 Å². The van der Waals surface area contributed by atoms with Crippen LogP contribution in [0.15, 0.2) is 139 Å². The molecule has 0 unspecified atom stereocenters. The Morgan fingerprint density at radius 2 is 1.19 bits per heavy atom. The number of rotatable bonds is 4. The molecule has 0 aliphatic carbocycles. The molecule has 0 atom stereocenters. The minimum atomic E-state index is 0.0818. The first kappa shape index (κ1) is 26.6. The van der Waals surface area contributed by atoms with Crippen molar-refractivity contribution in [3.63, 3.8) is 0 Å². The number of anilines is 3. The Hall–Kier alpha value is -6.82. The summed E-state index contributed by atoms with van der Waals surface area (Å²) in [4.78, 5) is 12.3. The van der Waals surface area contributed by atoms with Crippen LogP contribution in [0.1, 0.15) is 5.56 Å². The average molecular weight is 598 g/mol. The fourth-order valence-corrected chi connectivity index (χ4v) is 7.02. The van der Waals surface area contributed by atoms with Gasteiger partial charge < -0.3 is 0 Å². The number of benzene rings is 7. The zero-order valence-corrected chi connectivity index (χ0v) is 25.0. The lowest BCUT2D eigenvalue weighted by molar-refractivity contribution is 1.16. The molecule has 7 aromatic carbocycles. The standard InChI is InChI=1S/C42H23N5/c43-23-26(24-44)21-29-15-17-34-35-18-19-38(36-13-6-12-33(42(35)36)32-11-5-10-31(29)41(32)34)47(39-20-16-27-7-3-4-14-37(27)46-39)40-22-28-8-1-2-9-30(28)25-45-40/h1-22,25H. The highest BCUT2D eigenvalue weighted by atomic mass is 15.2. The van der Waals surface area contributed by atoms with E-state index < -0.39 is 0 Å². The van der Waals surface area contributed by atoms with Gasteiger partial charge in [0.25, 0.3) is 0 Å². The highest BCUT2D eigenvalue weighted by Gasteiger charge is 2.22. The van der Waals surface area contributed by atoms with Crippen LogP contribution in [0.25, 0.3) is 70.8 Å². The maximum absolute atomic E-state index is 9.44. The molecule has 0 bridgehead atoms. The molecule has 2 heterocycles. The van der Waals surface area contributed by atoms with Crippen LogP contribution >= 0.6 is 0 Å². The number of aromatic nitrogens is 2. The molecule has 5 nitrogen and oxygen atoms in total. The van der Waals surface area contributed by atoms with Gasteiger partial charge in [-0.2, -0.15) is 10.5 Å². The number of pyridine rings is 2. The summed E-state index contributed by atoms with van der Waals surface area (Å²) in [6.07, 6.45) is 3.60. The minimum absolute atomic E-state index is 0.0818. The van der Waals surface area contributed by atoms with E-state index in [1.54, 1.807) is 6.08 Å². The SMILES string of the molecule is N#CC(C#N)=Cc1ccc2c3ccc(N(c4cc5ccccc5cn4)c4ccc5ccccc5n4)c4cccc(c5cccc1c52)c43. The average Bonchev–Trinajstić information content (AvgIpc) is 3.13. The number of nitriles is 2. The molecular weight excluding hydrogens is 574 g/mol. The molecule has 47 heavy (non-hydrogen) atoms. The van der Waals surface area contributed by atoms with Gasteiger partial charge in [0.1, 0.15) is 29.3 Å². The Bertz CT molecular complexity index is 2720. The van der Waals surface area contributed by atoms with E-state index >= 15 is 0 Å². The summed E-state index contributed by atoms with van der Waals surface area (Å²) in [6.45, 7) is 0. The first-order chi connectivity index (χ1) is 23.2.